The lowest BCUT2D eigenvalue weighted by molar-refractivity contribution is 0.259. The van der Waals surface area contributed by atoms with Crippen molar-refractivity contribution in [2.75, 3.05) is 6.54 Å². The van der Waals surface area contributed by atoms with Crippen LogP contribution in [0, 0.1) is 17.8 Å². The Hall–Kier alpha value is -0.0400. The van der Waals surface area contributed by atoms with E-state index in [1.807, 2.05) is 0 Å². The number of nitrogens with one attached hydrogen (secondary N) is 1. The molecule has 1 rings (SSSR count). The van der Waals surface area contributed by atoms with Gasteiger partial charge in [-0.25, -0.2) is 0 Å². The van der Waals surface area contributed by atoms with Crippen LogP contribution in [0.5, 0.6) is 0 Å². The molecule has 0 radical (unpaired) electrons. The van der Waals surface area contributed by atoms with E-state index in [1.54, 1.807) is 0 Å². The molecule has 0 saturated heterocycles. The van der Waals surface area contributed by atoms with Crippen LogP contribution in [0.15, 0.2) is 0 Å². The predicted octanol–water partition coefficient (Wildman–Crippen LogP) is 3.84. The van der Waals surface area contributed by atoms with Gasteiger partial charge in [-0.1, -0.05) is 40.5 Å². The van der Waals surface area contributed by atoms with Gasteiger partial charge >= 0.3 is 0 Å². The lowest BCUT2D eigenvalue weighted by Crippen LogP contribution is -2.40. The summed E-state index contributed by atoms with van der Waals surface area (Å²) in [7, 11) is 0. The van der Waals surface area contributed by atoms with Gasteiger partial charge in [0.2, 0.25) is 0 Å². The molecule has 4 atom stereocenters. The largest absolute Gasteiger partial charge is 0.314 e. The van der Waals surface area contributed by atoms with E-state index < -0.39 is 0 Å². The summed E-state index contributed by atoms with van der Waals surface area (Å²) in [4.78, 5) is 0. The van der Waals surface area contributed by atoms with E-state index in [2.05, 4.69) is 33.0 Å². The van der Waals surface area contributed by atoms with Crippen molar-refractivity contribution < 1.29 is 0 Å². The number of hydrogen-bond acceptors (Lipinski definition) is 1. The van der Waals surface area contributed by atoms with Gasteiger partial charge in [-0.2, -0.15) is 0 Å². The topological polar surface area (TPSA) is 12.0 Å². The maximum atomic E-state index is 3.73. The lowest BCUT2D eigenvalue weighted by atomic mass is 9.85. The molecule has 0 aromatic rings. The fourth-order valence-corrected chi connectivity index (χ4v) is 3.28. The molecule has 4 unspecified atom stereocenters. The fraction of sp³-hybridized carbons (Fsp3) is 1.00. The van der Waals surface area contributed by atoms with E-state index >= 15 is 0 Å². The first-order valence-corrected chi connectivity index (χ1v) is 6.92. The smallest absolute Gasteiger partial charge is 0.0121 e. The van der Waals surface area contributed by atoms with Gasteiger partial charge in [0, 0.05) is 6.04 Å². The standard InChI is InChI=1S/C14H29N/c1-5-7-12(4)14(15-6-2)13-9-8-11(3)10-13/h11-15H,5-10H2,1-4H3. The highest BCUT2D eigenvalue weighted by Gasteiger charge is 2.30. The zero-order valence-corrected chi connectivity index (χ0v) is 11.1. The molecule has 0 aromatic carbocycles. The van der Waals surface area contributed by atoms with Crippen molar-refractivity contribution in [1.82, 2.24) is 5.32 Å². The Labute approximate surface area is 96.0 Å². The molecule has 1 nitrogen and oxygen atoms in total. The molecule has 1 aliphatic carbocycles. The Morgan fingerprint density at radius 3 is 2.47 bits per heavy atom. The Bertz CT molecular complexity index is 167. The Morgan fingerprint density at radius 1 is 1.27 bits per heavy atom. The maximum Gasteiger partial charge on any atom is 0.0121 e. The van der Waals surface area contributed by atoms with E-state index in [9.17, 15) is 0 Å². The second-order valence-corrected chi connectivity index (χ2v) is 5.53. The van der Waals surface area contributed by atoms with Gasteiger partial charge in [0.25, 0.3) is 0 Å². The molecule has 1 heteroatoms. The molecule has 1 N–H and O–H groups in total. The molecule has 15 heavy (non-hydrogen) atoms. The summed E-state index contributed by atoms with van der Waals surface area (Å²) in [5.74, 6) is 2.76. The van der Waals surface area contributed by atoms with Crippen LogP contribution >= 0.6 is 0 Å². The quantitative estimate of drug-likeness (QED) is 0.704. The van der Waals surface area contributed by atoms with Crippen LogP contribution in [-0.2, 0) is 0 Å². The third kappa shape index (κ3) is 3.79. The van der Waals surface area contributed by atoms with E-state index in [4.69, 9.17) is 0 Å². The Kier molecular flexibility index (Phi) is 5.66. The molecule has 0 bridgehead atoms. The van der Waals surface area contributed by atoms with Crippen molar-refractivity contribution in [3.8, 4) is 0 Å². The van der Waals surface area contributed by atoms with Crippen molar-refractivity contribution in [1.29, 1.82) is 0 Å². The van der Waals surface area contributed by atoms with Crippen LogP contribution in [-0.4, -0.2) is 12.6 Å². The molecule has 90 valence electrons. The minimum absolute atomic E-state index is 0.778. The van der Waals surface area contributed by atoms with E-state index in [0.29, 0.717) is 0 Å². The highest BCUT2D eigenvalue weighted by atomic mass is 14.9. The highest BCUT2D eigenvalue weighted by molar-refractivity contribution is 4.86. The molecule has 1 saturated carbocycles. The molecular formula is C14H29N. The Morgan fingerprint density at radius 2 is 2.00 bits per heavy atom. The summed E-state index contributed by atoms with van der Waals surface area (Å²) in [6.45, 7) is 10.5. The molecule has 1 fully saturated rings. The van der Waals surface area contributed by atoms with Crippen LogP contribution < -0.4 is 5.32 Å². The van der Waals surface area contributed by atoms with Gasteiger partial charge in [-0.3, -0.25) is 0 Å². The van der Waals surface area contributed by atoms with Crippen molar-refractivity contribution in [3.05, 3.63) is 0 Å². The summed E-state index contributed by atoms with van der Waals surface area (Å²) in [6, 6.07) is 0.778. The van der Waals surface area contributed by atoms with E-state index in [1.165, 1.54) is 32.1 Å². The van der Waals surface area contributed by atoms with Gasteiger partial charge in [-0.05, 0) is 43.6 Å². The molecule has 1 aliphatic rings. The molecule has 0 aromatic heterocycles. The SMILES string of the molecule is CCCC(C)C(NCC)C1CCC(C)C1. The van der Waals surface area contributed by atoms with Crippen molar-refractivity contribution >= 4 is 0 Å². The Balaban J connectivity index is 2.48. The van der Waals surface area contributed by atoms with Gasteiger partial charge in [0.1, 0.15) is 0 Å². The van der Waals surface area contributed by atoms with Crippen molar-refractivity contribution in [2.45, 2.75) is 65.8 Å². The zero-order valence-electron chi connectivity index (χ0n) is 11.1. The highest BCUT2D eigenvalue weighted by Crippen LogP contribution is 2.35. The van der Waals surface area contributed by atoms with Crippen molar-refractivity contribution in [2.24, 2.45) is 17.8 Å². The fourth-order valence-electron chi connectivity index (χ4n) is 3.28. The first-order chi connectivity index (χ1) is 7.19. The molecule has 0 aliphatic heterocycles. The van der Waals surface area contributed by atoms with E-state index in [-0.39, 0.29) is 0 Å². The van der Waals surface area contributed by atoms with Gasteiger partial charge in [0.15, 0.2) is 0 Å². The molecule has 0 amide bonds. The molecule has 0 spiro atoms. The second kappa shape index (κ2) is 6.52. The number of hydrogen-bond donors (Lipinski definition) is 1. The summed E-state index contributed by atoms with van der Waals surface area (Å²) in [5, 5.41) is 3.73. The average molecular weight is 211 g/mol. The first-order valence-electron chi connectivity index (χ1n) is 6.92. The summed E-state index contributed by atoms with van der Waals surface area (Å²) in [6.07, 6.45) is 7.05. The third-order valence-electron chi connectivity index (χ3n) is 4.04. The van der Waals surface area contributed by atoms with Crippen molar-refractivity contribution in [3.63, 3.8) is 0 Å². The first kappa shape index (κ1) is 13.0. The van der Waals surface area contributed by atoms with Gasteiger partial charge in [0.05, 0.1) is 0 Å². The number of rotatable bonds is 6. The zero-order chi connectivity index (χ0) is 11.3. The second-order valence-electron chi connectivity index (χ2n) is 5.53. The average Bonchev–Trinajstić information content (AvgIpc) is 2.61. The van der Waals surface area contributed by atoms with Crippen LogP contribution in [0.4, 0.5) is 0 Å². The van der Waals surface area contributed by atoms with Gasteiger partial charge < -0.3 is 5.32 Å². The van der Waals surface area contributed by atoms with Gasteiger partial charge in [-0.15, -0.1) is 0 Å². The minimum Gasteiger partial charge on any atom is -0.314 e. The predicted molar refractivity (Wildman–Crippen MR) is 68.0 cm³/mol. The molecule has 0 heterocycles. The van der Waals surface area contributed by atoms with Crippen LogP contribution in [0.25, 0.3) is 0 Å². The van der Waals surface area contributed by atoms with E-state index in [0.717, 1.165) is 30.3 Å². The minimum atomic E-state index is 0.778. The molecular weight excluding hydrogens is 182 g/mol. The van der Waals surface area contributed by atoms with Crippen LogP contribution in [0.2, 0.25) is 0 Å². The monoisotopic (exact) mass is 211 g/mol. The van der Waals surface area contributed by atoms with Crippen LogP contribution in [0.3, 0.4) is 0 Å². The summed E-state index contributed by atoms with van der Waals surface area (Å²) < 4.78 is 0. The third-order valence-corrected chi connectivity index (χ3v) is 4.04. The summed E-state index contributed by atoms with van der Waals surface area (Å²) >= 11 is 0. The normalized spacial score (nSPS) is 30.4. The van der Waals surface area contributed by atoms with Crippen LogP contribution in [0.1, 0.15) is 59.8 Å². The maximum absolute atomic E-state index is 3.73. The lowest BCUT2D eigenvalue weighted by Gasteiger charge is -2.30. The summed E-state index contributed by atoms with van der Waals surface area (Å²) in [5.41, 5.74) is 0.